The standard InChI is InChI=1S/C23H31ClN2O/c24-14-18(27)15-25-11-12-26-21-10-9-17(16-5-2-1-3-6-16)13-20(21)19-7-4-8-22(25)23(19)26/h9-10,13,16,18,22,27H,1-8,11-12,14-15H2. The summed E-state index contributed by atoms with van der Waals surface area (Å²) >= 11 is 5.88. The van der Waals surface area contributed by atoms with Gasteiger partial charge in [-0.2, -0.15) is 0 Å². The van der Waals surface area contributed by atoms with Crippen LogP contribution in [0.1, 0.15) is 73.7 Å². The number of nitrogens with zero attached hydrogens (tertiary/aromatic N) is 2. The van der Waals surface area contributed by atoms with Gasteiger partial charge in [0, 0.05) is 42.1 Å². The number of fused-ring (bicyclic) bond motifs is 3. The lowest BCUT2D eigenvalue weighted by Gasteiger charge is -2.40. The Morgan fingerprint density at radius 2 is 1.93 bits per heavy atom. The fourth-order valence-electron chi connectivity index (χ4n) is 5.92. The van der Waals surface area contributed by atoms with E-state index in [9.17, 15) is 5.11 Å². The van der Waals surface area contributed by atoms with Gasteiger partial charge in [0.25, 0.3) is 0 Å². The first-order valence-electron chi connectivity index (χ1n) is 10.9. The van der Waals surface area contributed by atoms with Gasteiger partial charge in [-0.1, -0.05) is 25.3 Å². The van der Waals surface area contributed by atoms with Gasteiger partial charge in [0.15, 0.2) is 0 Å². The molecule has 3 aliphatic rings. The Bertz CT molecular complexity index is 823. The van der Waals surface area contributed by atoms with Crippen molar-refractivity contribution >= 4 is 22.5 Å². The highest BCUT2D eigenvalue weighted by Crippen LogP contribution is 2.44. The Hall–Kier alpha value is -1.03. The third-order valence-electron chi connectivity index (χ3n) is 7.21. The fraction of sp³-hybridized carbons (Fsp3) is 0.652. The molecular formula is C23H31ClN2O. The number of aryl methyl sites for hydroxylation is 1. The van der Waals surface area contributed by atoms with E-state index >= 15 is 0 Å². The van der Waals surface area contributed by atoms with Crippen LogP contribution in [0.2, 0.25) is 0 Å². The molecule has 27 heavy (non-hydrogen) atoms. The maximum atomic E-state index is 10.1. The van der Waals surface area contributed by atoms with Crippen LogP contribution < -0.4 is 0 Å². The van der Waals surface area contributed by atoms with Crippen LogP contribution in [-0.2, 0) is 13.0 Å². The van der Waals surface area contributed by atoms with Crippen molar-refractivity contribution in [3.63, 3.8) is 0 Å². The number of hydrogen-bond donors (Lipinski definition) is 1. The maximum absolute atomic E-state index is 10.1. The highest BCUT2D eigenvalue weighted by molar-refractivity contribution is 6.18. The third-order valence-corrected chi connectivity index (χ3v) is 7.56. The van der Waals surface area contributed by atoms with Crippen molar-refractivity contribution in [2.75, 3.05) is 19.0 Å². The van der Waals surface area contributed by atoms with Crippen LogP contribution >= 0.6 is 11.6 Å². The molecule has 1 fully saturated rings. The van der Waals surface area contributed by atoms with E-state index in [1.165, 1.54) is 68.0 Å². The fourth-order valence-corrected chi connectivity index (χ4v) is 6.02. The minimum absolute atomic E-state index is 0.323. The van der Waals surface area contributed by atoms with Gasteiger partial charge in [-0.25, -0.2) is 0 Å². The number of aromatic nitrogens is 1. The van der Waals surface area contributed by atoms with Gasteiger partial charge in [-0.15, -0.1) is 11.6 Å². The summed E-state index contributed by atoms with van der Waals surface area (Å²) in [7, 11) is 0. The molecule has 3 nitrogen and oxygen atoms in total. The summed E-state index contributed by atoms with van der Waals surface area (Å²) in [6.45, 7) is 2.74. The molecular weight excluding hydrogens is 356 g/mol. The molecule has 0 amide bonds. The molecule has 1 aromatic carbocycles. The van der Waals surface area contributed by atoms with Crippen molar-refractivity contribution < 1.29 is 5.11 Å². The van der Waals surface area contributed by atoms with Crippen molar-refractivity contribution in [1.82, 2.24) is 9.47 Å². The van der Waals surface area contributed by atoms with Crippen molar-refractivity contribution in [2.45, 2.75) is 76.0 Å². The van der Waals surface area contributed by atoms with E-state index in [-0.39, 0.29) is 0 Å². The molecule has 5 rings (SSSR count). The van der Waals surface area contributed by atoms with Crippen molar-refractivity contribution in [3.05, 3.63) is 35.0 Å². The van der Waals surface area contributed by atoms with Gasteiger partial charge < -0.3 is 9.67 Å². The number of hydrogen-bond acceptors (Lipinski definition) is 2. The van der Waals surface area contributed by atoms with Crippen LogP contribution in [0.25, 0.3) is 10.9 Å². The summed E-state index contributed by atoms with van der Waals surface area (Å²) in [6, 6.07) is 7.79. The molecule has 0 bridgehead atoms. The summed E-state index contributed by atoms with van der Waals surface area (Å²) in [4.78, 5) is 2.48. The first-order chi connectivity index (χ1) is 13.3. The zero-order valence-corrected chi connectivity index (χ0v) is 16.9. The number of rotatable bonds is 4. The van der Waals surface area contributed by atoms with Gasteiger partial charge in [0.1, 0.15) is 0 Å². The van der Waals surface area contributed by atoms with E-state index in [1.54, 1.807) is 11.1 Å². The van der Waals surface area contributed by atoms with Crippen LogP contribution in [0.3, 0.4) is 0 Å². The van der Waals surface area contributed by atoms with Crippen LogP contribution in [0.5, 0.6) is 0 Å². The molecule has 2 aliphatic carbocycles. The Morgan fingerprint density at radius 1 is 1.07 bits per heavy atom. The lowest BCUT2D eigenvalue weighted by atomic mass is 9.83. The first kappa shape index (κ1) is 18.0. The zero-order chi connectivity index (χ0) is 18.4. The number of β-amino-alcohol motifs (C(OH)–C–C–N with tert-alkyl or cyclic N) is 1. The summed E-state index contributed by atoms with van der Waals surface area (Å²) in [5, 5.41) is 11.6. The van der Waals surface area contributed by atoms with E-state index in [0.29, 0.717) is 18.5 Å². The molecule has 2 aromatic rings. The highest BCUT2D eigenvalue weighted by atomic mass is 35.5. The van der Waals surface area contributed by atoms with Crippen LogP contribution in [-0.4, -0.2) is 39.6 Å². The smallest absolute Gasteiger partial charge is 0.0802 e. The average Bonchev–Trinajstić information content (AvgIpc) is 3.05. The van der Waals surface area contributed by atoms with E-state index in [2.05, 4.69) is 27.7 Å². The Morgan fingerprint density at radius 3 is 2.74 bits per heavy atom. The monoisotopic (exact) mass is 386 g/mol. The maximum Gasteiger partial charge on any atom is 0.0802 e. The molecule has 2 unspecified atom stereocenters. The predicted molar refractivity (Wildman–Crippen MR) is 112 cm³/mol. The Labute approximate surface area is 167 Å². The highest BCUT2D eigenvalue weighted by Gasteiger charge is 2.35. The largest absolute Gasteiger partial charge is 0.391 e. The molecule has 0 spiro atoms. The van der Waals surface area contributed by atoms with Crippen LogP contribution in [0.4, 0.5) is 0 Å². The molecule has 0 saturated heterocycles. The number of alkyl halides is 1. The SMILES string of the molecule is OC(CCl)CN1CCn2c3c(c4cc(C5CCCCC5)ccc42)CCCC31. The van der Waals surface area contributed by atoms with Gasteiger partial charge in [-0.05, 0) is 61.3 Å². The van der Waals surface area contributed by atoms with Crippen LogP contribution in [0, 0.1) is 0 Å². The molecule has 1 aromatic heterocycles. The second-order valence-corrected chi connectivity index (χ2v) is 9.15. The van der Waals surface area contributed by atoms with Gasteiger partial charge in [-0.3, -0.25) is 4.90 Å². The van der Waals surface area contributed by atoms with Crippen molar-refractivity contribution in [3.8, 4) is 0 Å². The van der Waals surface area contributed by atoms with Crippen molar-refractivity contribution in [2.24, 2.45) is 0 Å². The molecule has 4 heteroatoms. The summed E-state index contributed by atoms with van der Waals surface area (Å²) in [5.74, 6) is 1.09. The number of halogens is 1. The Kier molecular flexibility index (Phi) is 4.95. The molecule has 0 radical (unpaired) electrons. The third kappa shape index (κ3) is 3.12. The van der Waals surface area contributed by atoms with Crippen LogP contribution in [0.15, 0.2) is 18.2 Å². The second-order valence-electron chi connectivity index (χ2n) is 8.84. The molecule has 1 saturated carbocycles. The van der Waals surface area contributed by atoms with E-state index in [1.807, 2.05) is 0 Å². The minimum Gasteiger partial charge on any atom is -0.391 e. The lowest BCUT2D eigenvalue weighted by Crippen LogP contribution is -2.43. The molecule has 2 atom stereocenters. The Balaban J connectivity index is 1.54. The summed E-state index contributed by atoms with van der Waals surface area (Å²) in [5.41, 5.74) is 6.12. The normalized spacial score (nSPS) is 24.9. The minimum atomic E-state index is -0.425. The summed E-state index contributed by atoms with van der Waals surface area (Å²) in [6.07, 6.45) is 10.1. The average molecular weight is 387 g/mol. The van der Waals surface area contributed by atoms with E-state index in [0.717, 1.165) is 19.0 Å². The van der Waals surface area contributed by atoms with Gasteiger partial charge in [0.2, 0.25) is 0 Å². The molecule has 146 valence electrons. The quantitative estimate of drug-likeness (QED) is 0.750. The lowest BCUT2D eigenvalue weighted by molar-refractivity contribution is 0.0746. The second kappa shape index (κ2) is 7.42. The zero-order valence-electron chi connectivity index (χ0n) is 16.2. The molecule has 1 aliphatic heterocycles. The van der Waals surface area contributed by atoms with Crippen molar-refractivity contribution in [1.29, 1.82) is 0 Å². The molecule has 2 heterocycles. The summed E-state index contributed by atoms with van der Waals surface area (Å²) < 4.78 is 2.59. The van der Waals surface area contributed by atoms with E-state index < -0.39 is 6.10 Å². The topological polar surface area (TPSA) is 28.4 Å². The number of aliphatic hydroxyl groups is 1. The molecule has 1 N–H and O–H groups in total. The number of aliphatic hydroxyl groups excluding tert-OH is 1. The van der Waals surface area contributed by atoms with E-state index in [4.69, 9.17) is 11.6 Å². The van der Waals surface area contributed by atoms with Gasteiger partial charge >= 0.3 is 0 Å². The van der Waals surface area contributed by atoms with Gasteiger partial charge in [0.05, 0.1) is 12.1 Å². The first-order valence-corrected chi connectivity index (χ1v) is 11.4. The number of benzene rings is 1. The predicted octanol–water partition coefficient (Wildman–Crippen LogP) is 4.98.